The van der Waals surface area contributed by atoms with E-state index in [1.807, 2.05) is 17.5 Å². The molecule has 2 heterocycles. The third kappa shape index (κ3) is 5.32. The molecule has 1 aromatic heterocycles. The molecule has 2 aromatic rings. The van der Waals surface area contributed by atoms with Crippen molar-refractivity contribution < 1.29 is 17.9 Å². The van der Waals surface area contributed by atoms with E-state index in [9.17, 15) is 13.2 Å². The van der Waals surface area contributed by atoms with Crippen LogP contribution >= 0.6 is 11.3 Å². The summed E-state index contributed by atoms with van der Waals surface area (Å²) in [5.74, 6) is 0.803. The molecule has 1 aliphatic heterocycles. The molecule has 1 atom stereocenters. The van der Waals surface area contributed by atoms with Crippen molar-refractivity contribution in [3.8, 4) is 5.75 Å². The summed E-state index contributed by atoms with van der Waals surface area (Å²) in [6.07, 6.45) is 2.56. The van der Waals surface area contributed by atoms with E-state index in [0.29, 0.717) is 25.1 Å². The number of sulfone groups is 1. The Labute approximate surface area is 164 Å². The smallest absolute Gasteiger partial charge is 0.254 e. The van der Waals surface area contributed by atoms with Gasteiger partial charge in [0.1, 0.15) is 5.75 Å². The van der Waals surface area contributed by atoms with Gasteiger partial charge >= 0.3 is 0 Å². The summed E-state index contributed by atoms with van der Waals surface area (Å²) in [7, 11) is -3.07. The maximum atomic E-state index is 13.1. The molecule has 0 saturated carbocycles. The van der Waals surface area contributed by atoms with Crippen LogP contribution in [0.3, 0.4) is 0 Å². The van der Waals surface area contributed by atoms with E-state index in [4.69, 9.17) is 4.74 Å². The molecule has 27 heavy (non-hydrogen) atoms. The van der Waals surface area contributed by atoms with E-state index in [1.54, 1.807) is 40.5 Å². The molecule has 1 fully saturated rings. The lowest BCUT2D eigenvalue weighted by Gasteiger charge is -2.28. The highest BCUT2D eigenvalue weighted by molar-refractivity contribution is 7.91. The molecular weight excluding hydrogens is 382 g/mol. The van der Waals surface area contributed by atoms with E-state index < -0.39 is 9.84 Å². The van der Waals surface area contributed by atoms with Gasteiger partial charge in [0.2, 0.25) is 0 Å². The Bertz CT molecular complexity index is 845. The first-order valence-corrected chi connectivity index (χ1v) is 12.0. The summed E-state index contributed by atoms with van der Waals surface area (Å²) in [5, 5.41) is 1.96. The highest BCUT2D eigenvalue weighted by Gasteiger charge is 2.35. The Morgan fingerprint density at radius 3 is 2.63 bits per heavy atom. The summed E-state index contributed by atoms with van der Waals surface area (Å²) < 4.78 is 29.5. The lowest BCUT2D eigenvalue weighted by Crippen LogP contribution is -2.40. The third-order valence-corrected chi connectivity index (χ3v) is 7.30. The normalized spacial score (nSPS) is 18.3. The van der Waals surface area contributed by atoms with Crippen molar-refractivity contribution in [1.82, 2.24) is 4.90 Å². The number of benzene rings is 1. The van der Waals surface area contributed by atoms with Gasteiger partial charge in [0.15, 0.2) is 9.84 Å². The van der Waals surface area contributed by atoms with Crippen molar-refractivity contribution in [2.24, 2.45) is 0 Å². The maximum Gasteiger partial charge on any atom is 0.254 e. The fourth-order valence-electron chi connectivity index (χ4n) is 3.15. The van der Waals surface area contributed by atoms with Gasteiger partial charge in [0, 0.05) is 16.5 Å². The number of hydrogen-bond donors (Lipinski definition) is 0. The zero-order valence-corrected chi connectivity index (χ0v) is 17.1. The van der Waals surface area contributed by atoms with Crippen molar-refractivity contribution in [1.29, 1.82) is 0 Å². The molecule has 5 nitrogen and oxygen atoms in total. The van der Waals surface area contributed by atoms with E-state index >= 15 is 0 Å². The van der Waals surface area contributed by atoms with Crippen LogP contribution < -0.4 is 4.74 Å². The van der Waals surface area contributed by atoms with E-state index in [1.165, 1.54) is 0 Å². The van der Waals surface area contributed by atoms with Crippen LogP contribution in [0.2, 0.25) is 0 Å². The number of carbonyl (C=O) groups excluding carboxylic acids is 1. The van der Waals surface area contributed by atoms with Crippen molar-refractivity contribution in [3.05, 3.63) is 52.2 Å². The maximum absolute atomic E-state index is 13.1. The van der Waals surface area contributed by atoms with Crippen molar-refractivity contribution in [2.75, 3.05) is 18.1 Å². The number of rotatable bonds is 8. The molecule has 1 unspecified atom stereocenters. The number of unbranched alkanes of at least 4 members (excludes halogenated alkanes) is 1. The molecule has 0 bridgehead atoms. The van der Waals surface area contributed by atoms with Crippen LogP contribution in [0.1, 0.15) is 41.4 Å². The molecule has 0 aliphatic carbocycles. The molecule has 0 radical (unpaired) electrons. The Morgan fingerprint density at radius 1 is 1.26 bits per heavy atom. The van der Waals surface area contributed by atoms with Crippen LogP contribution in [-0.4, -0.2) is 43.4 Å². The standard InChI is InChI=1S/C20H25NO4S2/c1-2-3-11-25-18-8-6-16(7-9-18)20(22)21(14-19-5-4-12-26-19)17-10-13-27(23,24)15-17/h4-9,12,17H,2-3,10-11,13-15H2,1H3. The molecule has 1 amide bonds. The Hall–Kier alpha value is -1.86. The zero-order chi connectivity index (χ0) is 19.3. The number of amides is 1. The Balaban J connectivity index is 1.76. The Kier molecular flexibility index (Phi) is 6.55. The molecule has 146 valence electrons. The average Bonchev–Trinajstić information content (AvgIpc) is 3.29. The molecular formula is C20H25NO4S2. The summed E-state index contributed by atoms with van der Waals surface area (Å²) in [6, 6.07) is 10.8. The second-order valence-corrected chi connectivity index (χ2v) is 10.1. The fraction of sp³-hybridized carbons (Fsp3) is 0.450. The highest BCUT2D eigenvalue weighted by atomic mass is 32.2. The second-order valence-electron chi connectivity index (χ2n) is 6.80. The highest BCUT2D eigenvalue weighted by Crippen LogP contribution is 2.24. The lowest BCUT2D eigenvalue weighted by molar-refractivity contribution is 0.0683. The van der Waals surface area contributed by atoms with Gasteiger partial charge in [-0.05, 0) is 48.6 Å². The van der Waals surface area contributed by atoms with E-state index in [-0.39, 0.29) is 23.5 Å². The molecule has 7 heteroatoms. The van der Waals surface area contributed by atoms with Gasteiger partial charge in [-0.25, -0.2) is 8.42 Å². The predicted octanol–water partition coefficient (Wildman–Crippen LogP) is 3.76. The summed E-state index contributed by atoms with van der Waals surface area (Å²) in [6.45, 7) is 3.20. The minimum absolute atomic E-state index is 0.0440. The minimum atomic E-state index is -3.07. The van der Waals surface area contributed by atoms with Gasteiger partial charge in [-0.1, -0.05) is 19.4 Å². The van der Waals surface area contributed by atoms with Crippen LogP contribution in [0.15, 0.2) is 41.8 Å². The van der Waals surface area contributed by atoms with Gasteiger partial charge in [-0.2, -0.15) is 0 Å². The molecule has 0 N–H and O–H groups in total. The fourth-order valence-corrected chi connectivity index (χ4v) is 5.59. The van der Waals surface area contributed by atoms with Crippen LogP contribution in [-0.2, 0) is 16.4 Å². The molecule has 0 spiro atoms. The van der Waals surface area contributed by atoms with Crippen LogP contribution in [0.4, 0.5) is 0 Å². The van der Waals surface area contributed by atoms with E-state index in [2.05, 4.69) is 6.92 Å². The number of carbonyl (C=O) groups is 1. The van der Waals surface area contributed by atoms with Crippen molar-refractivity contribution in [2.45, 2.75) is 38.8 Å². The monoisotopic (exact) mass is 407 g/mol. The Morgan fingerprint density at radius 2 is 2.04 bits per heavy atom. The van der Waals surface area contributed by atoms with Gasteiger partial charge < -0.3 is 9.64 Å². The first-order chi connectivity index (χ1) is 13.0. The quantitative estimate of drug-likeness (QED) is 0.625. The molecule has 3 rings (SSSR count). The first kappa shape index (κ1) is 19.9. The van der Waals surface area contributed by atoms with Crippen LogP contribution in [0.5, 0.6) is 5.75 Å². The van der Waals surface area contributed by atoms with Crippen LogP contribution in [0.25, 0.3) is 0 Å². The number of hydrogen-bond acceptors (Lipinski definition) is 5. The molecule has 1 aromatic carbocycles. The summed E-state index contributed by atoms with van der Waals surface area (Å²) in [5.41, 5.74) is 0.554. The predicted molar refractivity (Wildman–Crippen MR) is 108 cm³/mol. The number of ether oxygens (including phenoxy) is 1. The second kappa shape index (κ2) is 8.89. The molecule has 1 saturated heterocycles. The van der Waals surface area contributed by atoms with E-state index in [0.717, 1.165) is 23.5 Å². The number of nitrogens with zero attached hydrogens (tertiary/aromatic N) is 1. The van der Waals surface area contributed by atoms with Gasteiger partial charge in [-0.15, -0.1) is 11.3 Å². The van der Waals surface area contributed by atoms with Crippen molar-refractivity contribution >= 4 is 27.1 Å². The molecule has 1 aliphatic rings. The first-order valence-electron chi connectivity index (χ1n) is 9.25. The zero-order valence-electron chi connectivity index (χ0n) is 15.5. The third-order valence-electron chi connectivity index (χ3n) is 4.68. The van der Waals surface area contributed by atoms with Crippen molar-refractivity contribution in [3.63, 3.8) is 0 Å². The summed E-state index contributed by atoms with van der Waals surface area (Å²) in [4.78, 5) is 15.9. The lowest BCUT2D eigenvalue weighted by atomic mass is 10.1. The minimum Gasteiger partial charge on any atom is -0.494 e. The largest absolute Gasteiger partial charge is 0.494 e. The number of thiophene rings is 1. The van der Waals surface area contributed by atoms with Gasteiger partial charge in [0.25, 0.3) is 5.91 Å². The van der Waals surface area contributed by atoms with Gasteiger partial charge in [0.05, 0.1) is 24.7 Å². The van der Waals surface area contributed by atoms with Crippen LogP contribution in [0, 0.1) is 0 Å². The summed E-state index contributed by atoms with van der Waals surface area (Å²) >= 11 is 1.57. The average molecular weight is 408 g/mol. The van der Waals surface area contributed by atoms with Gasteiger partial charge in [-0.3, -0.25) is 4.79 Å². The topological polar surface area (TPSA) is 63.7 Å². The SMILES string of the molecule is CCCCOc1ccc(C(=O)N(Cc2cccs2)C2CCS(=O)(=O)C2)cc1.